The zero-order chi connectivity index (χ0) is 21.2. The topological polar surface area (TPSA) is 66.5 Å². The summed E-state index contributed by atoms with van der Waals surface area (Å²) in [6, 6.07) is 8.09. The summed E-state index contributed by atoms with van der Waals surface area (Å²) in [6.45, 7) is 9.42. The van der Waals surface area contributed by atoms with Crippen LogP contribution < -0.4 is 9.62 Å². The molecule has 0 aliphatic heterocycles. The standard InChI is InChI=1S/C21H27ClN2O3S/c1-7-18(21(25)23-20-15(4)10-13(2)11-16(20)5)24(28(6,26)27)19-12-17(22)9-8-14(19)3/h8-12,18H,7H2,1-6H3,(H,23,25)/t18-/m1/s1. The number of anilines is 2. The third-order valence-electron chi connectivity index (χ3n) is 4.66. The molecule has 0 fully saturated rings. The van der Waals surface area contributed by atoms with Crippen molar-refractivity contribution >= 4 is 38.9 Å². The second-order valence-electron chi connectivity index (χ2n) is 7.18. The quantitative estimate of drug-likeness (QED) is 0.729. The molecular weight excluding hydrogens is 396 g/mol. The first-order valence-corrected chi connectivity index (χ1v) is 11.3. The van der Waals surface area contributed by atoms with Crippen LogP contribution in [0, 0.1) is 27.7 Å². The predicted molar refractivity (Wildman–Crippen MR) is 117 cm³/mol. The molecule has 0 aliphatic carbocycles. The van der Waals surface area contributed by atoms with Crippen LogP contribution in [0.2, 0.25) is 5.02 Å². The van der Waals surface area contributed by atoms with Crippen molar-refractivity contribution in [1.29, 1.82) is 0 Å². The third kappa shape index (κ3) is 4.86. The van der Waals surface area contributed by atoms with Crippen LogP contribution in [0.15, 0.2) is 30.3 Å². The molecule has 1 N–H and O–H groups in total. The first kappa shape index (κ1) is 22.2. The van der Waals surface area contributed by atoms with Crippen molar-refractivity contribution in [1.82, 2.24) is 0 Å². The van der Waals surface area contributed by atoms with Crippen LogP contribution in [0.1, 0.15) is 35.6 Å². The summed E-state index contributed by atoms with van der Waals surface area (Å²) in [6.07, 6.45) is 1.42. The largest absolute Gasteiger partial charge is 0.324 e. The Bertz CT molecular complexity index is 980. The molecule has 2 aromatic rings. The lowest BCUT2D eigenvalue weighted by Crippen LogP contribution is -2.47. The number of hydrogen-bond acceptors (Lipinski definition) is 3. The van der Waals surface area contributed by atoms with E-state index in [9.17, 15) is 13.2 Å². The highest BCUT2D eigenvalue weighted by molar-refractivity contribution is 7.92. The van der Waals surface area contributed by atoms with Gasteiger partial charge in [-0.2, -0.15) is 0 Å². The third-order valence-corrected chi connectivity index (χ3v) is 6.06. The van der Waals surface area contributed by atoms with Crippen LogP contribution in [-0.2, 0) is 14.8 Å². The van der Waals surface area contributed by atoms with Crippen LogP contribution in [0.4, 0.5) is 11.4 Å². The molecule has 0 bridgehead atoms. The molecule has 152 valence electrons. The number of carbonyl (C=O) groups is 1. The average Bonchev–Trinajstić information content (AvgIpc) is 2.57. The number of nitrogens with zero attached hydrogens (tertiary/aromatic N) is 1. The number of sulfonamides is 1. The van der Waals surface area contributed by atoms with Gasteiger partial charge in [-0.1, -0.05) is 42.3 Å². The number of benzene rings is 2. The maximum absolute atomic E-state index is 13.1. The van der Waals surface area contributed by atoms with Crippen LogP contribution in [-0.4, -0.2) is 26.6 Å². The minimum absolute atomic E-state index is 0.314. The van der Waals surface area contributed by atoms with Crippen LogP contribution in [0.3, 0.4) is 0 Å². The summed E-state index contributed by atoms with van der Waals surface area (Å²) in [5.74, 6) is -0.373. The van der Waals surface area contributed by atoms with E-state index >= 15 is 0 Å². The molecule has 0 heterocycles. The molecule has 5 nitrogen and oxygen atoms in total. The second kappa shape index (κ2) is 8.53. The molecule has 2 rings (SSSR count). The molecule has 2 aromatic carbocycles. The maximum Gasteiger partial charge on any atom is 0.248 e. The molecule has 0 aliphatic rings. The van der Waals surface area contributed by atoms with Gasteiger partial charge in [-0.3, -0.25) is 9.10 Å². The molecule has 1 amide bonds. The normalized spacial score (nSPS) is 12.5. The molecule has 7 heteroatoms. The zero-order valence-electron chi connectivity index (χ0n) is 17.1. The monoisotopic (exact) mass is 422 g/mol. The molecule has 0 radical (unpaired) electrons. The van der Waals surface area contributed by atoms with E-state index in [-0.39, 0.29) is 5.91 Å². The van der Waals surface area contributed by atoms with Crippen molar-refractivity contribution in [2.45, 2.75) is 47.1 Å². The molecular formula is C21H27ClN2O3S. The first-order valence-electron chi connectivity index (χ1n) is 9.10. The smallest absolute Gasteiger partial charge is 0.248 e. The Kier molecular flexibility index (Phi) is 6.78. The molecule has 1 atom stereocenters. The summed E-state index contributed by atoms with van der Waals surface area (Å²) < 4.78 is 26.4. The number of carbonyl (C=O) groups excluding carboxylic acids is 1. The van der Waals surface area contributed by atoms with E-state index in [1.165, 1.54) is 4.31 Å². The summed E-state index contributed by atoms with van der Waals surface area (Å²) in [5, 5.41) is 3.35. The van der Waals surface area contributed by atoms with Crippen molar-refractivity contribution < 1.29 is 13.2 Å². The van der Waals surface area contributed by atoms with Crippen molar-refractivity contribution in [3.63, 3.8) is 0 Å². The van der Waals surface area contributed by atoms with E-state index in [1.54, 1.807) is 32.0 Å². The van der Waals surface area contributed by atoms with Crippen molar-refractivity contribution in [2.24, 2.45) is 0 Å². The number of amides is 1. The minimum atomic E-state index is -3.72. The molecule has 0 saturated heterocycles. The number of aryl methyl sites for hydroxylation is 4. The molecule has 0 saturated carbocycles. The molecule has 0 unspecified atom stereocenters. The van der Waals surface area contributed by atoms with Gasteiger partial charge in [0.25, 0.3) is 0 Å². The zero-order valence-corrected chi connectivity index (χ0v) is 18.7. The summed E-state index contributed by atoms with van der Waals surface area (Å²) in [4.78, 5) is 13.1. The average molecular weight is 423 g/mol. The van der Waals surface area contributed by atoms with Gasteiger partial charge in [0.05, 0.1) is 11.9 Å². The minimum Gasteiger partial charge on any atom is -0.324 e. The Balaban J connectivity index is 2.50. The van der Waals surface area contributed by atoms with Crippen molar-refractivity contribution in [3.8, 4) is 0 Å². The fraction of sp³-hybridized carbons (Fsp3) is 0.381. The lowest BCUT2D eigenvalue weighted by Gasteiger charge is -2.31. The van der Waals surface area contributed by atoms with Gasteiger partial charge < -0.3 is 5.32 Å². The van der Waals surface area contributed by atoms with E-state index in [0.29, 0.717) is 22.8 Å². The maximum atomic E-state index is 13.1. The number of nitrogens with one attached hydrogen (secondary N) is 1. The van der Waals surface area contributed by atoms with Gasteiger partial charge in [-0.05, 0) is 62.9 Å². The Morgan fingerprint density at radius 1 is 1.07 bits per heavy atom. The SMILES string of the molecule is CC[C@H](C(=O)Nc1c(C)cc(C)cc1C)N(c1cc(Cl)ccc1C)S(C)(=O)=O. The second-order valence-corrected chi connectivity index (χ2v) is 9.47. The highest BCUT2D eigenvalue weighted by Gasteiger charge is 2.33. The van der Waals surface area contributed by atoms with Gasteiger partial charge in [0, 0.05) is 10.7 Å². The van der Waals surface area contributed by atoms with E-state index in [2.05, 4.69) is 5.32 Å². The van der Waals surface area contributed by atoms with Gasteiger partial charge in [0.1, 0.15) is 6.04 Å². The van der Waals surface area contributed by atoms with E-state index in [4.69, 9.17) is 11.6 Å². The highest BCUT2D eigenvalue weighted by atomic mass is 35.5. The number of hydrogen-bond donors (Lipinski definition) is 1. The van der Waals surface area contributed by atoms with Crippen molar-refractivity contribution in [2.75, 3.05) is 15.9 Å². The Hall–Kier alpha value is -2.05. The number of halogens is 1. The van der Waals surface area contributed by atoms with Gasteiger partial charge in [-0.25, -0.2) is 8.42 Å². The van der Waals surface area contributed by atoms with E-state index in [1.807, 2.05) is 32.9 Å². The Labute approximate surface area is 172 Å². The highest BCUT2D eigenvalue weighted by Crippen LogP contribution is 2.30. The summed E-state index contributed by atoms with van der Waals surface area (Å²) in [7, 11) is -3.72. The van der Waals surface area contributed by atoms with Gasteiger partial charge in [0.2, 0.25) is 15.9 Å². The van der Waals surface area contributed by atoms with E-state index in [0.717, 1.165) is 28.5 Å². The fourth-order valence-electron chi connectivity index (χ4n) is 3.44. The first-order chi connectivity index (χ1) is 13.0. The summed E-state index contributed by atoms with van der Waals surface area (Å²) in [5.41, 5.74) is 4.83. The molecule has 0 aromatic heterocycles. The Morgan fingerprint density at radius 3 is 2.14 bits per heavy atom. The lowest BCUT2D eigenvalue weighted by molar-refractivity contribution is -0.117. The molecule has 0 spiro atoms. The van der Waals surface area contributed by atoms with E-state index < -0.39 is 16.1 Å². The van der Waals surface area contributed by atoms with Gasteiger partial charge in [0.15, 0.2) is 0 Å². The predicted octanol–water partition coefficient (Wildman–Crippen LogP) is 4.76. The number of rotatable bonds is 6. The summed E-state index contributed by atoms with van der Waals surface area (Å²) >= 11 is 6.10. The van der Waals surface area contributed by atoms with Gasteiger partial charge >= 0.3 is 0 Å². The van der Waals surface area contributed by atoms with Crippen LogP contribution in [0.5, 0.6) is 0 Å². The lowest BCUT2D eigenvalue weighted by atomic mass is 10.0. The van der Waals surface area contributed by atoms with Crippen LogP contribution >= 0.6 is 11.6 Å². The van der Waals surface area contributed by atoms with Crippen molar-refractivity contribution in [3.05, 3.63) is 57.6 Å². The van der Waals surface area contributed by atoms with Crippen LogP contribution in [0.25, 0.3) is 0 Å². The van der Waals surface area contributed by atoms with Gasteiger partial charge in [-0.15, -0.1) is 0 Å². The Morgan fingerprint density at radius 2 is 1.64 bits per heavy atom. The fourth-order valence-corrected chi connectivity index (χ4v) is 4.87. The molecule has 28 heavy (non-hydrogen) atoms.